The van der Waals surface area contributed by atoms with Crippen LogP contribution in [-0.4, -0.2) is 6.61 Å². The summed E-state index contributed by atoms with van der Waals surface area (Å²) < 4.78 is 5.40. The fraction of sp³-hybridized carbons (Fsp3) is 0.182. The van der Waals surface area contributed by atoms with Crippen molar-refractivity contribution >= 4 is 17.3 Å². The zero-order valence-corrected chi connectivity index (χ0v) is 9.08. The van der Waals surface area contributed by atoms with Crippen molar-refractivity contribution in [2.24, 2.45) is 0 Å². The van der Waals surface area contributed by atoms with E-state index in [0.717, 1.165) is 5.57 Å². The lowest BCUT2D eigenvalue weighted by Gasteiger charge is -2.08. The maximum atomic E-state index is 8.64. The highest BCUT2D eigenvalue weighted by Crippen LogP contribution is 2.22. The van der Waals surface area contributed by atoms with Crippen LogP contribution in [0.5, 0.6) is 5.75 Å². The molecule has 0 saturated heterocycles. The first-order valence-electron chi connectivity index (χ1n) is 4.35. The van der Waals surface area contributed by atoms with E-state index in [4.69, 9.17) is 27.3 Å². The van der Waals surface area contributed by atoms with Gasteiger partial charge in [0.25, 0.3) is 0 Å². The van der Waals surface area contributed by atoms with Gasteiger partial charge in [0.05, 0.1) is 17.3 Å². The van der Waals surface area contributed by atoms with Crippen LogP contribution in [0, 0.1) is 11.3 Å². The van der Waals surface area contributed by atoms with Crippen molar-refractivity contribution < 1.29 is 4.74 Å². The van der Waals surface area contributed by atoms with Crippen molar-refractivity contribution in [1.29, 1.82) is 5.26 Å². The minimum Gasteiger partial charge on any atom is -0.487 e. The fourth-order valence-electron chi connectivity index (χ4n) is 0.973. The number of nitriles is 1. The Kier molecular flexibility index (Phi) is 4.02. The van der Waals surface area contributed by atoms with Crippen LogP contribution in [0.25, 0.3) is 0 Å². The van der Waals surface area contributed by atoms with Gasteiger partial charge in [-0.3, -0.25) is 0 Å². The zero-order valence-electron chi connectivity index (χ0n) is 8.33. The van der Waals surface area contributed by atoms with Gasteiger partial charge in [-0.1, -0.05) is 11.6 Å². The van der Waals surface area contributed by atoms with E-state index in [1.54, 1.807) is 18.2 Å². The highest BCUT2D eigenvalue weighted by atomic mass is 35.5. The third kappa shape index (κ3) is 3.19. The van der Waals surface area contributed by atoms with Gasteiger partial charge < -0.3 is 10.5 Å². The van der Waals surface area contributed by atoms with Crippen molar-refractivity contribution in [2.45, 2.75) is 6.92 Å². The van der Waals surface area contributed by atoms with Crippen LogP contribution in [0.15, 0.2) is 29.3 Å². The molecule has 0 spiro atoms. The van der Waals surface area contributed by atoms with Crippen molar-refractivity contribution in [1.82, 2.24) is 0 Å². The Morgan fingerprint density at radius 2 is 2.40 bits per heavy atom. The molecule has 1 rings (SSSR count). The largest absolute Gasteiger partial charge is 0.487 e. The van der Waals surface area contributed by atoms with E-state index in [-0.39, 0.29) is 0 Å². The number of rotatable bonds is 3. The van der Waals surface area contributed by atoms with Gasteiger partial charge in [-0.2, -0.15) is 5.26 Å². The predicted octanol–water partition coefficient (Wildman–Crippen LogP) is 2.66. The molecule has 1 aromatic rings. The Morgan fingerprint density at radius 1 is 1.67 bits per heavy atom. The van der Waals surface area contributed by atoms with E-state index in [0.29, 0.717) is 23.6 Å². The number of benzene rings is 1. The summed E-state index contributed by atoms with van der Waals surface area (Å²) in [6, 6.07) is 6.92. The minimum absolute atomic E-state index is 0.388. The molecule has 78 valence electrons. The highest BCUT2D eigenvalue weighted by Gasteiger charge is 2.01. The quantitative estimate of drug-likeness (QED) is 0.800. The van der Waals surface area contributed by atoms with E-state index in [2.05, 4.69) is 0 Å². The first-order chi connectivity index (χ1) is 7.17. The third-order valence-corrected chi connectivity index (χ3v) is 2.15. The third-order valence-electron chi connectivity index (χ3n) is 1.78. The van der Waals surface area contributed by atoms with Gasteiger partial charge >= 0.3 is 0 Å². The van der Waals surface area contributed by atoms with Gasteiger partial charge in [0.2, 0.25) is 0 Å². The van der Waals surface area contributed by atoms with Crippen LogP contribution in [0.4, 0.5) is 5.69 Å². The van der Waals surface area contributed by atoms with E-state index >= 15 is 0 Å². The number of nitrogen functional groups attached to an aromatic ring is 1. The average molecular weight is 223 g/mol. The number of hydrogen-bond donors (Lipinski definition) is 1. The average Bonchev–Trinajstić information content (AvgIpc) is 2.26. The molecular weight excluding hydrogens is 212 g/mol. The number of nitrogens with two attached hydrogens (primary N) is 1. The summed E-state index contributed by atoms with van der Waals surface area (Å²) >= 11 is 5.49. The first kappa shape index (κ1) is 11.4. The standard InChI is InChI=1S/C11H11ClN2O/c1-8(5-12)7-15-11-3-2-9(6-13)4-10(11)14/h2-5H,7,14H2,1H3/b8-5-. The molecule has 0 aromatic heterocycles. The van der Waals surface area contributed by atoms with Crippen molar-refractivity contribution in [3.63, 3.8) is 0 Å². The van der Waals surface area contributed by atoms with Gasteiger partial charge in [-0.05, 0) is 30.7 Å². The molecule has 3 nitrogen and oxygen atoms in total. The Balaban J connectivity index is 2.75. The molecule has 0 aliphatic heterocycles. The topological polar surface area (TPSA) is 59.0 Å². The van der Waals surface area contributed by atoms with Crippen LogP contribution in [-0.2, 0) is 0 Å². The fourth-order valence-corrected chi connectivity index (χ4v) is 1.04. The maximum Gasteiger partial charge on any atom is 0.142 e. The Labute approximate surface area is 93.7 Å². The Hall–Kier alpha value is -1.66. The summed E-state index contributed by atoms with van der Waals surface area (Å²) in [5.41, 5.74) is 9.03. The van der Waals surface area contributed by atoms with Crippen molar-refractivity contribution in [3.05, 3.63) is 34.9 Å². The first-order valence-corrected chi connectivity index (χ1v) is 4.79. The SMILES string of the molecule is C/C(=C/Cl)COc1ccc(C#N)cc1N. The van der Waals surface area contributed by atoms with Crippen LogP contribution in [0.2, 0.25) is 0 Å². The molecule has 0 saturated carbocycles. The van der Waals surface area contributed by atoms with Crippen LogP contribution < -0.4 is 10.5 Å². The number of nitrogens with zero attached hydrogens (tertiary/aromatic N) is 1. The summed E-state index contributed by atoms with van der Waals surface area (Å²) in [6.07, 6.45) is 0. The van der Waals surface area contributed by atoms with E-state index in [1.165, 1.54) is 5.54 Å². The molecule has 4 heteroatoms. The number of halogens is 1. The molecule has 0 bridgehead atoms. The van der Waals surface area contributed by atoms with E-state index < -0.39 is 0 Å². The lowest BCUT2D eigenvalue weighted by Crippen LogP contribution is -2.01. The second kappa shape index (κ2) is 5.28. The number of anilines is 1. The summed E-state index contributed by atoms with van der Waals surface area (Å²) in [6.45, 7) is 2.24. The summed E-state index contributed by atoms with van der Waals surface area (Å²) in [5, 5.41) is 8.64. The van der Waals surface area contributed by atoms with Gasteiger partial charge in [0.15, 0.2) is 0 Å². The molecule has 0 unspecified atom stereocenters. The van der Waals surface area contributed by atoms with Gasteiger partial charge in [0, 0.05) is 5.54 Å². The lowest BCUT2D eigenvalue weighted by molar-refractivity contribution is 0.354. The number of ether oxygens (including phenoxy) is 1. The second-order valence-corrected chi connectivity index (χ2v) is 3.33. The second-order valence-electron chi connectivity index (χ2n) is 3.11. The minimum atomic E-state index is 0.388. The van der Waals surface area contributed by atoms with Gasteiger partial charge in [0.1, 0.15) is 12.4 Å². The van der Waals surface area contributed by atoms with Gasteiger partial charge in [-0.15, -0.1) is 0 Å². The molecule has 1 aromatic carbocycles. The zero-order chi connectivity index (χ0) is 11.3. The van der Waals surface area contributed by atoms with Crippen molar-refractivity contribution in [3.8, 4) is 11.8 Å². The molecule has 2 N–H and O–H groups in total. The smallest absolute Gasteiger partial charge is 0.142 e. The van der Waals surface area contributed by atoms with Crippen molar-refractivity contribution in [2.75, 3.05) is 12.3 Å². The lowest BCUT2D eigenvalue weighted by atomic mass is 10.2. The monoisotopic (exact) mass is 222 g/mol. The normalized spacial score (nSPS) is 10.9. The molecular formula is C11H11ClN2O. The molecule has 0 heterocycles. The summed E-state index contributed by atoms with van der Waals surface area (Å²) in [4.78, 5) is 0. The number of hydrogen-bond acceptors (Lipinski definition) is 3. The highest BCUT2D eigenvalue weighted by molar-refractivity contribution is 6.25. The van der Waals surface area contributed by atoms with Gasteiger partial charge in [-0.25, -0.2) is 0 Å². The van der Waals surface area contributed by atoms with Crippen LogP contribution in [0.3, 0.4) is 0 Å². The molecule has 0 aliphatic carbocycles. The molecule has 0 aliphatic rings. The molecule has 0 atom stereocenters. The molecule has 15 heavy (non-hydrogen) atoms. The summed E-state index contributed by atoms with van der Waals surface area (Å²) in [5.74, 6) is 0.562. The van der Waals surface area contributed by atoms with E-state index in [9.17, 15) is 0 Å². The van der Waals surface area contributed by atoms with Crippen LogP contribution in [0.1, 0.15) is 12.5 Å². The van der Waals surface area contributed by atoms with Crippen LogP contribution >= 0.6 is 11.6 Å². The predicted molar refractivity (Wildman–Crippen MR) is 60.7 cm³/mol. The van der Waals surface area contributed by atoms with E-state index in [1.807, 2.05) is 13.0 Å². The molecule has 0 amide bonds. The Morgan fingerprint density at radius 3 is 2.93 bits per heavy atom. The molecule has 0 radical (unpaired) electrons. The maximum absolute atomic E-state index is 8.64. The molecule has 0 fully saturated rings. The Bertz CT molecular complexity index is 421. The summed E-state index contributed by atoms with van der Waals surface area (Å²) in [7, 11) is 0.